The second-order valence-electron chi connectivity index (χ2n) is 7.17. The molecule has 0 spiro atoms. The Morgan fingerprint density at radius 2 is 1.68 bits per heavy atom. The Kier molecular flexibility index (Phi) is 6.07. The first-order valence-electron chi connectivity index (χ1n) is 9.33. The maximum absolute atomic E-state index is 13.0. The Balaban J connectivity index is 1.89. The number of carbonyl (C=O) groups excluding carboxylic acids is 1. The summed E-state index contributed by atoms with van der Waals surface area (Å²) in [5, 5.41) is 13.5. The van der Waals surface area contributed by atoms with E-state index in [0.717, 1.165) is 11.1 Å². The number of carbonyl (C=O) groups is 1. The van der Waals surface area contributed by atoms with E-state index in [2.05, 4.69) is 10.0 Å². The molecule has 31 heavy (non-hydrogen) atoms. The van der Waals surface area contributed by atoms with Crippen LogP contribution in [0.25, 0.3) is 0 Å². The highest BCUT2D eigenvalue weighted by Gasteiger charge is 2.20. The van der Waals surface area contributed by atoms with Crippen LogP contribution in [0.4, 0.5) is 17.1 Å². The van der Waals surface area contributed by atoms with E-state index < -0.39 is 20.9 Å². The van der Waals surface area contributed by atoms with Crippen LogP contribution in [0.3, 0.4) is 0 Å². The molecule has 3 rings (SSSR count). The van der Waals surface area contributed by atoms with Crippen molar-refractivity contribution in [2.24, 2.45) is 0 Å². The normalized spacial score (nSPS) is 11.1. The maximum atomic E-state index is 13.0. The van der Waals surface area contributed by atoms with Crippen LogP contribution in [-0.2, 0) is 10.0 Å². The minimum absolute atomic E-state index is 0.0285. The molecule has 1 amide bonds. The molecule has 3 aromatic carbocycles. The molecule has 0 atom stereocenters. The zero-order chi connectivity index (χ0) is 22.8. The summed E-state index contributed by atoms with van der Waals surface area (Å²) in [6.45, 7) is 5.36. The fraction of sp³-hybridized carbons (Fsp3) is 0.136. The SMILES string of the molecule is Cc1ccc(NS(=O)(=O)c2cc(C(=O)Nc3cccc([N+](=O)[O-])c3)ccc2C)c(C)c1. The van der Waals surface area contributed by atoms with Crippen LogP contribution in [0.15, 0.2) is 65.6 Å². The lowest BCUT2D eigenvalue weighted by atomic mass is 10.1. The van der Waals surface area contributed by atoms with Gasteiger partial charge in [0.25, 0.3) is 21.6 Å². The second kappa shape index (κ2) is 8.57. The quantitative estimate of drug-likeness (QED) is 0.431. The van der Waals surface area contributed by atoms with Gasteiger partial charge >= 0.3 is 0 Å². The third-order valence-electron chi connectivity index (χ3n) is 4.68. The Morgan fingerprint density at radius 3 is 2.35 bits per heavy atom. The fourth-order valence-electron chi connectivity index (χ4n) is 3.06. The van der Waals surface area contributed by atoms with Gasteiger partial charge < -0.3 is 5.32 Å². The first-order valence-corrected chi connectivity index (χ1v) is 10.8. The van der Waals surface area contributed by atoms with Crippen molar-refractivity contribution >= 4 is 33.0 Å². The van der Waals surface area contributed by atoms with Crippen LogP contribution < -0.4 is 10.0 Å². The van der Waals surface area contributed by atoms with Crippen molar-refractivity contribution in [3.63, 3.8) is 0 Å². The van der Waals surface area contributed by atoms with Crippen molar-refractivity contribution < 1.29 is 18.1 Å². The number of non-ortho nitro benzene ring substituents is 1. The molecule has 0 saturated heterocycles. The number of anilines is 2. The molecule has 2 N–H and O–H groups in total. The molecule has 0 aliphatic carbocycles. The Morgan fingerprint density at radius 1 is 0.935 bits per heavy atom. The van der Waals surface area contributed by atoms with Crippen molar-refractivity contribution in [3.05, 3.63) is 93.0 Å². The molecule has 9 heteroatoms. The molecule has 0 heterocycles. The van der Waals surface area contributed by atoms with E-state index in [1.54, 1.807) is 32.0 Å². The van der Waals surface area contributed by atoms with Gasteiger partial charge in [-0.2, -0.15) is 0 Å². The summed E-state index contributed by atoms with van der Waals surface area (Å²) in [5.74, 6) is -0.580. The third kappa shape index (κ3) is 5.07. The Labute approximate surface area is 180 Å². The van der Waals surface area contributed by atoms with Gasteiger partial charge in [-0.3, -0.25) is 19.6 Å². The largest absolute Gasteiger partial charge is 0.322 e. The van der Waals surface area contributed by atoms with E-state index in [1.807, 2.05) is 13.0 Å². The summed E-state index contributed by atoms with van der Waals surface area (Å²) < 4.78 is 28.6. The summed E-state index contributed by atoms with van der Waals surface area (Å²) in [4.78, 5) is 23.0. The highest BCUT2D eigenvalue weighted by atomic mass is 32.2. The van der Waals surface area contributed by atoms with Crippen LogP contribution in [0.1, 0.15) is 27.0 Å². The summed E-state index contributed by atoms with van der Waals surface area (Å²) in [6, 6.07) is 15.2. The zero-order valence-electron chi connectivity index (χ0n) is 17.2. The summed E-state index contributed by atoms with van der Waals surface area (Å²) in [5.41, 5.74) is 2.90. The molecule has 0 saturated carbocycles. The minimum Gasteiger partial charge on any atom is -0.322 e. The smallest absolute Gasteiger partial charge is 0.271 e. The molecule has 0 unspecified atom stereocenters. The number of amides is 1. The van der Waals surface area contributed by atoms with E-state index in [0.29, 0.717) is 11.3 Å². The summed E-state index contributed by atoms with van der Waals surface area (Å²) >= 11 is 0. The number of rotatable bonds is 6. The van der Waals surface area contributed by atoms with E-state index >= 15 is 0 Å². The highest BCUT2D eigenvalue weighted by molar-refractivity contribution is 7.92. The average Bonchev–Trinajstić information content (AvgIpc) is 2.70. The predicted molar refractivity (Wildman–Crippen MR) is 119 cm³/mol. The molecule has 0 bridgehead atoms. The number of benzene rings is 3. The van der Waals surface area contributed by atoms with Gasteiger partial charge in [-0.05, 0) is 56.2 Å². The van der Waals surface area contributed by atoms with Crippen LogP contribution in [0.2, 0.25) is 0 Å². The van der Waals surface area contributed by atoms with Gasteiger partial charge in [-0.1, -0.05) is 29.8 Å². The standard InChI is InChI=1S/C22H21N3O5S/c1-14-7-10-20(16(3)11-14)24-31(29,30)21-12-17(9-8-15(21)2)22(26)23-18-5-4-6-19(13-18)25(27)28/h4-13,24H,1-3H3,(H,23,26). The second-order valence-corrected chi connectivity index (χ2v) is 8.82. The Bertz CT molecular complexity index is 1290. The van der Waals surface area contributed by atoms with Crippen molar-refractivity contribution in [3.8, 4) is 0 Å². The number of nitro benzene ring substituents is 1. The number of nitrogens with one attached hydrogen (secondary N) is 2. The Hall–Kier alpha value is -3.72. The molecule has 0 fully saturated rings. The lowest BCUT2D eigenvalue weighted by Crippen LogP contribution is -2.17. The first-order chi connectivity index (χ1) is 14.6. The van der Waals surface area contributed by atoms with Crippen LogP contribution in [0.5, 0.6) is 0 Å². The molecule has 8 nitrogen and oxygen atoms in total. The third-order valence-corrected chi connectivity index (χ3v) is 6.19. The predicted octanol–water partition coefficient (Wildman–Crippen LogP) is 4.57. The number of sulfonamides is 1. The van der Waals surface area contributed by atoms with E-state index in [-0.39, 0.29) is 21.8 Å². The minimum atomic E-state index is -3.95. The average molecular weight is 439 g/mol. The first kappa shape index (κ1) is 22.0. The lowest BCUT2D eigenvalue weighted by Gasteiger charge is -2.14. The molecule has 0 aliphatic heterocycles. The van der Waals surface area contributed by atoms with Gasteiger partial charge in [0.1, 0.15) is 0 Å². The number of hydrogen-bond donors (Lipinski definition) is 2. The molecule has 3 aromatic rings. The fourth-order valence-corrected chi connectivity index (χ4v) is 4.46. The number of nitro groups is 1. The number of hydrogen-bond acceptors (Lipinski definition) is 5. The van der Waals surface area contributed by atoms with Gasteiger partial charge in [0.2, 0.25) is 0 Å². The van der Waals surface area contributed by atoms with Gasteiger partial charge in [-0.25, -0.2) is 8.42 Å². The van der Waals surface area contributed by atoms with Gasteiger partial charge in [0, 0.05) is 23.4 Å². The molecule has 0 aliphatic rings. The van der Waals surface area contributed by atoms with Crippen molar-refractivity contribution in [1.29, 1.82) is 0 Å². The molecular weight excluding hydrogens is 418 g/mol. The highest BCUT2D eigenvalue weighted by Crippen LogP contribution is 2.24. The van der Waals surface area contributed by atoms with Crippen LogP contribution in [0, 0.1) is 30.9 Å². The zero-order valence-corrected chi connectivity index (χ0v) is 18.0. The molecular formula is C22H21N3O5S. The van der Waals surface area contributed by atoms with Gasteiger partial charge in [-0.15, -0.1) is 0 Å². The van der Waals surface area contributed by atoms with Crippen LogP contribution >= 0.6 is 0 Å². The molecule has 0 radical (unpaired) electrons. The van der Waals surface area contributed by atoms with Crippen LogP contribution in [-0.4, -0.2) is 19.2 Å². The summed E-state index contributed by atoms with van der Waals surface area (Å²) in [7, 11) is -3.95. The van der Waals surface area contributed by atoms with E-state index in [4.69, 9.17) is 0 Å². The monoisotopic (exact) mass is 439 g/mol. The topological polar surface area (TPSA) is 118 Å². The van der Waals surface area contributed by atoms with Crippen molar-refractivity contribution in [2.45, 2.75) is 25.7 Å². The van der Waals surface area contributed by atoms with Gasteiger partial charge in [0.05, 0.1) is 15.5 Å². The molecule has 160 valence electrons. The van der Waals surface area contributed by atoms with Gasteiger partial charge in [0.15, 0.2) is 0 Å². The lowest BCUT2D eigenvalue weighted by molar-refractivity contribution is -0.384. The van der Waals surface area contributed by atoms with E-state index in [1.165, 1.54) is 36.4 Å². The van der Waals surface area contributed by atoms with Crippen molar-refractivity contribution in [2.75, 3.05) is 10.0 Å². The van der Waals surface area contributed by atoms with E-state index in [9.17, 15) is 23.3 Å². The number of aryl methyl sites for hydroxylation is 3. The molecule has 0 aromatic heterocycles. The maximum Gasteiger partial charge on any atom is 0.271 e. The van der Waals surface area contributed by atoms with Crippen molar-refractivity contribution in [1.82, 2.24) is 0 Å². The number of nitrogens with zero attached hydrogens (tertiary/aromatic N) is 1. The summed E-state index contributed by atoms with van der Waals surface area (Å²) in [6.07, 6.45) is 0.